The molecule has 0 unspecified atom stereocenters. The van der Waals surface area contributed by atoms with Crippen molar-refractivity contribution in [2.45, 2.75) is 33.3 Å². The first-order valence-electron chi connectivity index (χ1n) is 7.35. The molecular weight excluding hydrogens is 320 g/mol. The predicted molar refractivity (Wildman–Crippen MR) is 89.9 cm³/mol. The number of imide groups is 1. The molecule has 0 bridgehead atoms. The Morgan fingerprint density at radius 1 is 1.35 bits per heavy atom. The lowest BCUT2D eigenvalue weighted by molar-refractivity contribution is -0.154. The van der Waals surface area contributed by atoms with E-state index in [9.17, 15) is 24.6 Å². The summed E-state index contributed by atoms with van der Waals surface area (Å²) in [6.07, 6.45) is 1.02. The van der Waals surface area contributed by atoms with Crippen LogP contribution in [0.2, 0.25) is 0 Å². The molecule has 0 rings (SSSR count). The van der Waals surface area contributed by atoms with Gasteiger partial charge < -0.3 is 15.5 Å². The first-order valence-corrected chi connectivity index (χ1v) is 7.99. The van der Waals surface area contributed by atoms with Gasteiger partial charge in [0.15, 0.2) is 0 Å². The van der Waals surface area contributed by atoms with Crippen molar-refractivity contribution >= 4 is 30.4 Å². The molecule has 0 aliphatic rings. The second kappa shape index (κ2) is 10.4. The van der Waals surface area contributed by atoms with Gasteiger partial charge in [-0.25, -0.2) is 0 Å². The monoisotopic (exact) mass is 346 g/mol. The zero-order chi connectivity index (χ0) is 18.0. The fourth-order valence-corrected chi connectivity index (χ4v) is 1.74. The number of amides is 3. The third-order valence-electron chi connectivity index (χ3n) is 3.22. The van der Waals surface area contributed by atoms with Crippen molar-refractivity contribution in [3.8, 4) is 0 Å². The summed E-state index contributed by atoms with van der Waals surface area (Å²) >= 11 is 3.97. The van der Waals surface area contributed by atoms with Crippen molar-refractivity contribution in [1.82, 2.24) is 10.2 Å². The van der Waals surface area contributed by atoms with Gasteiger partial charge in [-0.15, -0.1) is 0 Å². The number of carbonyl (C=O) groups excluding carboxylic acids is 3. The van der Waals surface area contributed by atoms with Gasteiger partial charge in [0, 0.05) is 30.7 Å². The summed E-state index contributed by atoms with van der Waals surface area (Å²) in [6, 6.07) is 0. The van der Waals surface area contributed by atoms with Crippen LogP contribution < -0.4 is 5.32 Å². The molecule has 0 aliphatic carbocycles. The molecule has 0 aromatic carbocycles. The van der Waals surface area contributed by atoms with Crippen molar-refractivity contribution < 1.29 is 24.6 Å². The number of thiol groups is 1. The summed E-state index contributed by atoms with van der Waals surface area (Å²) < 4.78 is 0. The van der Waals surface area contributed by atoms with Crippen LogP contribution >= 0.6 is 12.6 Å². The van der Waals surface area contributed by atoms with E-state index in [2.05, 4.69) is 17.9 Å². The van der Waals surface area contributed by atoms with Gasteiger partial charge in [-0.3, -0.25) is 19.3 Å². The van der Waals surface area contributed by atoms with Crippen LogP contribution in [-0.2, 0) is 14.4 Å². The minimum absolute atomic E-state index is 0.0743. The summed E-state index contributed by atoms with van der Waals surface area (Å²) in [4.78, 5) is 36.8. The Labute approximate surface area is 142 Å². The highest BCUT2D eigenvalue weighted by atomic mass is 32.1. The van der Waals surface area contributed by atoms with E-state index in [1.54, 1.807) is 6.92 Å². The van der Waals surface area contributed by atoms with Crippen molar-refractivity contribution in [2.75, 3.05) is 25.4 Å². The molecule has 0 saturated heterocycles. The summed E-state index contributed by atoms with van der Waals surface area (Å²) in [7, 11) is 0. The molecule has 3 amide bonds. The van der Waals surface area contributed by atoms with Crippen molar-refractivity contribution in [1.29, 1.82) is 0 Å². The van der Waals surface area contributed by atoms with E-state index in [-0.39, 0.29) is 18.9 Å². The number of aliphatic hydroxyl groups is 2. The summed E-state index contributed by atoms with van der Waals surface area (Å²) in [6.45, 7) is 4.44. The Balaban J connectivity index is 5.05. The first kappa shape index (κ1) is 21.6. The molecule has 0 aliphatic heterocycles. The lowest BCUT2D eigenvalue weighted by Gasteiger charge is -2.31. The van der Waals surface area contributed by atoms with Gasteiger partial charge in [0.1, 0.15) is 6.10 Å². The van der Waals surface area contributed by atoms with E-state index in [4.69, 9.17) is 0 Å². The smallest absolute Gasteiger partial charge is 0.258 e. The van der Waals surface area contributed by atoms with Gasteiger partial charge in [0.2, 0.25) is 5.91 Å². The van der Waals surface area contributed by atoms with Crippen molar-refractivity contribution in [3.63, 3.8) is 0 Å². The number of carbonyl (C=O) groups is 3. The third-order valence-corrected chi connectivity index (χ3v) is 3.44. The first-order chi connectivity index (χ1) is 10.7. The number of allylic oxidation sites excluding steroid dienone is 1. The normalized spacial score (nSPS) is 13.0. The zero-order valence-electron chi connectivity index (χ0n) is 13.8. The van der Waals surface area contributed by atoms with Gasteiger partial charge in [-0.2, -0.15) is 12.6 Å². The molecule has 0 heterocycles. The zero-order valence-corrected chi connectivity index (χ0v) is 14.7. The molecule has 3 N–H and O–H groups in total. The number of nitrogens with one attached hydrogen (secondary N) is 1. The molecule has 0 aromatic rings. The molecule has 0 radical (unpaired) electrons. The van der Waals surface area contributed by atoms with Gasteiger partial charge in [-0.1, -0.05) is 19.9 Å². The molecule has 132 valence electrons. The quantitative estimate of drug-likeness (QED) is 0.340. The lowest BCUT2D eigenvalue weighted by Crippen LogP contribution is -2.50. The van der Waals surface area contributed by atoms with E-state index < -0.39 is 29.9 Å². The maximum Gasteiger partial charge on any atom is 0.258 e. The van der Waals surface area contributed by atoms with Crippen molar-refractivity contribution in [2.24, 2.45) is 5.41 Å². The fourth-order valence-electron chi connectivity index (χ4n) is 1.63. The van der Waals surface area contributed by atoms with Crippen LogP contribution in [0.3, 0.4) is 0 Å². The van der Waals surface area contributed by atoms with Crippen LogP contribution in [-0.4, -0.2) is 64.4 Å². The minimum Gasteiger partial charge on any atom is -0.396 e. The second-order valence-electron chi connectivity index (χ2n) is 5.70. The maximum atomic E-state index is 12.4. The Morgan fingerprint density at radius 2 is 1.96 bits per heavy atom. The molecule has 0 spiro atoms. The van der Waals surface area contributed by atoms with Crippen LogP contribution in [0, 0.1) is 5.41 Å². The van der Waals surface area contributed by atoms with E-state index in [1.165, 1.54) is 26.0 Å². The standard InChI is InChI=1S/C15H26N2O5S/c1-4-5-12(20)17(8-6-11(19)16-7-9-23)14(22)13(21)15(2,3)10-18/h4-5,13,18,21,23H,6-10H2,1-3H3,(H,16,19)/b5-4+/t13-/m0/s1. The van der Waals surface area contributed by atoms with Crippen LogP contribution in [0.25, 0.3) is 0 Å². The fraction of sp³-hybridized carbons (Fsp3) is 0.667. The summed E-state index contributed by atoms with van der Waals surface area (Å²) in [5.41, 5.74) is -1.10. The number of hydrogen-bond donors (Lipinski definition) is 4. The second-order valence-corrected chi connectivity index (χ2v) is 6.15. The van der Waals surface area contributed by atoms with E-state index in [0.717, 1.165) is 4.90 Å². The van der Waals surface area contributed by atoms with Gasteiger partial charge in [0.25, 0.3) is 11.8 Å². The molecule has 7 nitrogen and oxygen atoms in total. The van der Waals surface area contributed by atoms with Gasteiger partial charge in [0.05, 0.1) is 6.61 Å². The Morgan fingerprint density at radius 3 is 2.43 bits per heavy atom. The Bertz CT molecular complexity index is 451. The average molecular weight is 346 g/mol. The molecular formula is C15H26N2O5S. The molecule has 8 heteroatoms. The number of rotatable bonds is 9. The predicted octanol–water partition coefficient (Wildman–Crippen LogP) is -0.267. The Hall–Kier alpha value is -1.38. The van der Waals surface area contributed by atoms with Crippen molar-refractivity contribution in [3.05, 3.63) is 12.2 Å². The van der Waals surface area contributed by atoms with Crippen LogP contribution in [0.15, 0.2) is 12.2 Å². The highest BCUT2D eigenvalue weighted by Crippen LogP contribution is 2.21. The number of aliphatic hydroxyl groups excluding tert-OH is 2. The lowest BCUT2D eigenvalue weighted by atomic mass is 9.86. The Kier molecular flexibility index (Phi) is 9.78. The van der Waals surface area contributed by atoms with Crippen LogP contribution in [0.4, 0.5) is 0 Å². The molecule has 1 atom stereocenters. The molecule has 0 aromatic heterocycles. The van der Waals surface area contributed by atoms with E-state index in [1.807, 2.05) is 0 Å². The van der Waals surface area contributed by atoms with Gasteiger partial charge >= 0.3 is 0 Å². The van der Waals surface area contributed by atoms with Crippen LogP contribution in [0.5, 0.6) is 0 Å². The SMILES string of the molecule is C/C=C/C(=O)N(CCC(=O)NCCS)C(=O)[C@H](O)C(C)(C)CO. The highest BCUT2D eigenvalue weighted by molar-refractivity contribution is 7.80. The number of nitrogens with zero attached hydrogens (tertiary/aromatic N) is 1. The third kappa shape index (κ3) is 7.15. The van der Waals surface area contributed by atoms with E-state index in [0.29, 0.717) is 12.3 Å². The topological polar surface area (TPSA) is 107 Å². The van der Waals surface area contributed by atoms with E-state index >= 15 is 0 Å². The van der Waals surface area contributed by atoms with Crippen LogP contribution in [0.1, 0.15) is 27.2 Å². The maximum absolute atomic E-state index is 12.4. The summed E-state index contributed by atoms with van der Waals surface area (Å²) in [5, 5.41) is 21.9. The molecule has 0 fully saturated rings. The highest BCUT2D eigenvalue weighted by Gasteiger charge is 2.37. The average Bonchev–Trinajstić information content (AvgIpc) is 2.52. The molecule has 23 heavy (non-hydrogen) atoms. The van der Waals surface area contributed by atoms with Gasteiger partial charge in [-0.05, 0) is 13.0 Å². The summed E-state index contributed by atoms with van der Waals surface area (Å²) in [5.74, 6) is -1.29. The minimum atomic E-state index is -1.55. The number of hydrogen-bond acceptors (Lipinski definition) is 6. The molecule has 0 saturated carbocycles. The largest absolute Gasteiger partial charge is 0.396 e.